The van der Waals surface area contributed by atoms with Crippen molar-refractivity contribution in [3.63, 3.8) is 0 Å². The smallest absolute Gasteiger partial charge is 0.256 e. The van der Waals surface area contributed by atoms with E-state index in [1.807, 2.05) is 22.6 Å². The van der Waals surface area contributed by atoms with E-state index in [0.717, 1.165) is 12.1 Å². The van der Waals surface area contributed by atoms with Crippen LogP contribution in [0.4, 0.5) is 20.2 Å². The maximum Gasteiger partial charge on any atom is 0.256 e. The van der Waals surface area contributed by atoms with Crippen LogP contribution < -0.4 is 15.4 Å². The zero-order chi connectivity index (χ0) is 20.0. The number of carbonyl (C=O) groups excluding carboxylic acids is 1. The standard InChI is InChI=1S/C18H19F2IN2O4/c1-22-18(26)17-15(23-14-3-2-11(21)8-13(14)20)6-10(19)7-16(17)27-5-4-12(25)9-24/h2-3,6-8,12,23-25H,4-5,9H2,1H3,(H,22,26)/t12-/m1/s1. The van der Waals surface area contributed by atoms with Gasteiger partial charge in [-0.05, 0) is 46.9 Å². The first kappa shape index (κ1) is 21.3. The van der Waals surface area contributed by atoms with Crippen LogP contribution in [0.3, 0.4) is 0 Å². The van der Waals surface area contributed by atoms with Crippen molar-refractivity contribution >= 4 is 39.9 Å². The van der Waals surface area contributed by atoms with E-state index < -0.39 is 30.3 Å². The fourth-order valence-electron chi connectivity index (χ4n) is 2.29. The minimum atomic E-state index is -0.986. The average molecular weight is 492 g/mol. The zero-order valence-electron chi connectivity index (χ0n) is 14.4. The van der Waals surface area contributed by atoms with Crippen LogP contribution in [0.25, 0.3) is 0 Å². The number of amides is 1. The second-order valence-electron chi connectivity index (χ2n) is 5.63. The van der Waals surface area contributed by atoms with Crippen LogP contribution in [0.15, 0.2) is 30.3 Å². The minimum absolute atomic E-state index is 0.00432. The van der Waals surface area contributed by atoms with E-state index in [1.54, 1.807) is 6.07 Å². The molecule has 0 aliphatic rings. The van der Waals surface area contributed by atoms with E-state index in [-0.39, 0.29) is 35.7 Å². The summed E-state index contributed by atoms with van der Waals surface area (Å²) in [6, 6.07) is 6.55. The quantitative estimate of drug-likeness (QED) is 0.426. The first-order valence-corrected chi connectivity index (χ1v) is 9.13. The van der Waals surface area contributed by atoms with Crippen molar-refractivity contribution in [2.75, 3.05) is 25.6 Å². The van der Waals surface area contributed by atoms with Gasteiger partial charge in [-0.1, -0.05) is 0 Å². The van der Waals surface area contributed by atoms with E-state index in [1.165, 1.54) is 19.2 Å². The molecule has 0 unspecified atom stereocenters. The van der Waals surface area contributed by atoms with Crippen LogP contribution in [-0.4, -0.2) is 42.5 Å². The molecule has 4 N–H and O–H groups in total. The molecule has 2 aromatic carbocycles. The Morgan fingerprint density at radius 3 is 2.63 bits per heavy atom. The van der Waals surface area contributed by atoms with Gasteiger partial charge in [0.1, 0.15) is 22.9 Å². The first-order chi connectivity index (χ1) is 12.8. The molecule has 0 aromatic heterocycles. The van der Waals surface area contributed by atoms with Gasteiger partial charge in [-0.3, -0.25) is 4.79 Å². The van der Waals surface area contributed by atoms with E-state index in [9.17, 15) is 18.7 Å². The van der Waals surface area contributed by atoms with Gasteiger partial charge in [-0.2, -0.15) is 0 Å². The molecule has 0 aliphatic carbocycles. The molecule has 0 spiro atoms. The highest BCUT2D eigenvalue weighted by Gasteiger charge is 2.20. The Labute approximate surface area is 168 Å². The number of halogens is 3. The van der Waals surface area contributed by atoms with Gasteiger partial charge in [0.05, 0.1) is 30.7 Å². The molecule has 0 saturated carbocycles. The summed E-state index contributed by atoms with van der Waals surface area (Å²) in [5.74, 6) is -1.86. The summed E-state index contributed by atoms with van der Waals surface area (Å²) in [7, 11) is 1.40. The highest BCUT2D eigenvalue weighted by molar-refractivity contribution is 14.1. The predicted molar refractivity (Wildman–Crippen MR) is 105 cm³/mol. The molecule has 1 atom stereocenters. The van der Waals surface area contributed by atoms with Crippen molar-refractivity contribution in [2.24, 2.45) is 0 Å². The molecule has 27 heavy (non-hydrogen) atoms. The lowest BCUT2D eigenvalue weighted by Gasteiger charge is -2.17. The van der Waals surface area contributed by atoms with Crippen LogP contribution >= 0.6 is 22.6 Å². The van der Waals surface area contributed by atoms with E-state index >= 15 is 0 Å². The van der Waals surface area contributed by atoms with E-state index in [0.29, 0.717) is 3.57 Å². The van der Waals surface area contributed by atoms with E-state index in [2.05, 4.69) is 10.6 Å². The third-order valence-electron chi connectivity index (χ3n) is 3.64. The molecule has 0 radical (unpaired) electrons. The summed E-state index contributed by atoms with van der Waals surface area (Å²) < 4.78 is 34.3. The third-order valence-corrected chi connectivity index (χ3v) is 4.31. The number of aliphatic hydroxyl groups excluding tert-OH is 2. The van der Waals surface area contributed by atoms with Gasteiger partial charge in [0, 0.05) is 23.1 Å². The average Bonchev–Trinajstić information content (AvgIpc) is 2.63. The Balaban J connectivity index is 2.38. The molecule has 0 bridgehead atoms. The topological polar surface area (TPSA) is 90.8 Å². The lowest BCUT2D eigenvalue weighted by atomic mass is 10.1. The van der Waals surface area contributed by atoms with Gasteiger partial charge < -0.3 is 25.6 Å². The van der Waals surface area contributed by atoms with Gasteiger partial charge >= 0.3 is 0 Å². The van der Waals surface area contributed by atoms with Crippen LogP contribution in [0.2, 0.25) is 0 Å². The van der Waals surface area contributed by atoms with Crippen molar-refractivity contribution < 1.29 is 28.5 Å². The SMILES string of the molecule is CNC(=O)c1c(Nc2ccc(I)cc2F)cc(F)cc1OCC[C@@H](O)CO. The summed E-state index contributed by atoms with van der Waals surface area (Å²) >= 11 is 1.96. The number of hydrogen-bond donors (Lipinski definition) is 4. The number of anilines is 2. The lowest BCUT2D eigenvalue weighted by Crippen LogP contribution is -2.22. The Morgan fingerprint density at radius 2 is 2.00 bits per heavy atom. The summed E-state index contributed by atoms with van der Waals surface area (Å²) in [6.45, 7) is -0.486. The van der Waals surface area contributed by atoms with E-state index in [4.69, 9.17) is 9.84 Å². The number of carbonyl (C=O) groups is 1. The Bertz CT molecular complexity index is 820. The number of aliphatic hydroxyl groups is 2. The molecular formula is C18H19F2IN2O4. The Morgan fingerprint density at radius 1 is 1.26 bits per heavy atom. The van der Waals surface area contributed by atoms with Gasteiger partial charge in [0.2, 0.25) is 0 Å². The predicted octanol–water partition coefficient (Wildman–Crippen LogP) is 2.79. The zero-order valence-corrected chi connectivity index (χ0v) is 16.6. The van der Waals surface area contributed by atoms with Gasteiger partial charge in [0.15, 0.2) is 0 Å². The fraction of sp³-hybridized carbons (Fsp3) is 0.278. The minimum Gasteiger partial charge on any atom is -0.492 e. The third kappa shape index (κ3) is 5.75. The molecule has 146 valence electrons. The van der Waals surface area contributed by atoms with Crippen molar-refractivity contribution in [3.8, 4) is 5.75 Å². The molecule has 2 aromatic rings. The van der Waals surface area contributed by atoms with Crippen LogP contribution in [0.5, 0.6) is 5.75 Å². The molecule has 9 heteroatoms. The normalized spacial score (nSPS) is 11.8. The highest BCUT2D eigenvalue weighted by atomic mass is 127. The monoisotopic (exact) mass is 492 g/mol. The summed E-state index contributed by atoms with van der Waals surface area (Å²) in [5, 5.41) is 23.4. The molecule has 0 saturated heterocycles. The second-order valence-corrected chi connectivity index (χ2v) is 6.87. The number of rotatable bonds is 8. The number of hydrogen-bond acceptors (Lipinski definition) is 5. The lowest BCUT2D eigenvalue weighted by molar-refractivity contribution is 0.0750. The summed E-state index contributed by atoms with van der Waals surface area (Å²) in [6.07, 6.45) is -0.894. The Hall–Kier alpha value is -1.98. The maximum atomic E-state index is 14.1. The molecule has 0 fully saturated rings. The van der Waals surface area contributed by atoms with Crippen molar-refractivity contribution in [2.45, 2.75) is 12.5 Å². The van der Waals surface area contributed by atoms with Crippen molar-refractivity contribution in [1.82, 2.24) is 5.32 Å². The fourth-order valence-corrected chi connectivity index (χ4v) is 2.74. The van der Waals surface area contributed by atoms with Crippen molar-refractivity contribution in [1.29, 1.82) is 0 Å². The van der Waals surface area contributed by atoms with Gasteiger partial charge in [0.25, 0.3) is 5.91 Å². The maximum absolute atomic E-state index is 14.1. The molecular weight excluding hydrogens is 473 g/mol. The van der Waals surface area contributed by atoms with Gasteiger partial charge in [-0.15, -0.1) is 0 Å². The first-order valence-electron chi connectivity index (χ1n) is 8.05. The van der Waals surface area contributed by atoms with Crippen LogP contribution in [0.1, 0.15) is 16.8 Å². The molecule has 6 nitrogen and oxygen atoms in total. The van der Waals surface area contributed by atoms with Gasteiger partial charge in [-0.25, -0.2) is 8.78 Å². The molecule has 1 amide bonds. The van der Waals surface area contributed by atoms with Crippen LogP contribution in [-0.2, 0) is 0 Å². The molecule has 0 heterocycles. The number of benzene rings is 2. The van der Waals surface area contributed by atoms with Crippen LogP contribution in [0, 0.1) is 15.2 Å². The highest BCUT2D eigenvalue weighted by Crippen LogP contribution is 2.32. The largest absolute Gasteiger partial charge is 0.492 e. The number of ether oxygens (including phenoxy) is 1. The second kappa shape index (κ2) is 9.81. The summed E-state index contributed by atoms with van der Waals surface area (Å²) in [4.78, 5) is 12.3. The summed E-state index contributed by atoms with van der Waals surface area (Å²) in [5.41, 5.74) is 0.107. The Kier molecular flexibility index (Phi) is 7.75. The molecule has 0 aliphatic heterocycles. The van der Waals surface area contributed by atoms with Crippen molar-refractivity contribution in [3.05, 3.63) is 51.1 Å². The molecule has 2 rings (SSSR count). The number of nitrogens with one attached hydrogen (secondary N) is 2.